The number of halogens is 2. The van der Waals surface area contributed by atoms with E-state index in [2.05, 4.69) is 10.4 Å². The van der Waals surface area contributed by atoms with Crippen LogP contribution in [0.3, 0.4) is 0 Å². The van der Waals surface area contributed by atoms with Gasteiger partial charge in [-0.1, -0.05) is 53.5 Å². The van der Waals surface area contributed by atoms with Crippen molar-refractivity contribution in [2.75, 3.05) is 6.54 Å². The first-order chi connectivity index (χ1) is 15.1. The van der Waals surface area contributed by atoms with E-state index >= 15 is 0 Å². The number of aliphatic hydroxyl groups excluding tert-OH is 1. The van der Waals surface area contributed by atoms with Crippen LogP contribution in [-0.2, 0) is 18.6 Å². The number of aromatic nitrogens is 2. The Hall–Kier alpha value is -2.67. The van der Waals surface area contributed by atoms with Crippen LogP contribution in [-0.4, -0.2) is 27.3 Å². The zero-order valence-electron chi connectivity index (χ0n) is 18.2. The fourth-order valence-corrected chi connectivity index (χ4v) is 3.92. The van der Waals surface area contributed by atoms with E-state index in [0.29, 0.717) is 39.7 Å². The van der Waals surface area contributed by atoms with Gasteiger partial charge in [0.2, 0.25) is 0 Å². The first kappa shape index (κ1) is 24.0. The van der Waals surface area contributed by atoms with Crippen LogP contribution in [0.15, 0.2) is 53.5 Å². The fourth-order valence-electron chi connectivity index (χ4n) is 3.36. The van der Waals surface area contributed by atoms with E-state index in [0.717, 1.165) is 5.56 Å². The molecular formula is C24H25Cl2N3O3. The van der Waals surface area contributed by atoms with Crippen molar-refractivity contribution in [3.63, 3.8) is 0 Å². The van der Waals surface area contributed by atoms with Crippen molar-refractivity contribution in [3.05, 3.63) is 85.8 Å². The maximum absolute atomic E-state index is 13.0. The summed E-state index contributed by atoms with van der Waals surface area (Å²) in [4.78, 5) is 25.4. The van der Waals surface area contributed by atoms with E-state index in [1.54, 1.807) is 18.2 Å². The van der Waals surface area contributed by atoms with Gasteiger partial charge in [-0.2, -0.15) is 5.10 Å². The van der Waals surface area contributed by atoms with Gasteiger partial charge in [-0.15, -0.1) is 0 Å². The number of hydrogen-bond acceptors (Lipinski definition) is 4. The van der Waals surface area contributed by atoms with Crippen molar-refractivity contribution in [2.24, 2.45) is 0 Å². The number of hydrogen-bond donors (Lipinski definition) is 2. The lowest BCUT2D eigenvalue weighted by atomic mass is 10.00. The number of aliphatic hydroxyl groups is 1. The minimum Gasteiger partial charge on any atom is -0.392 e. The van der Waals surface area contributed by atoms with Crippen LogP contribution in [0.5, 0.6) is 0 Å². The van der Waals surface area contributed by atoms with Crippen molar-refractivity contribution < 1.29 is 9.90 Å². The second-order valence-corrected chi connectivity index (χ2v) is 9.20. The summed E-state index contributed by atoms with van der Waals surface area (Å²) < 4.78 is 1.42. The first-order valence-electron chi connectivity index (χ1n) is 10.2. The topological polar surface area (TPSA) is 84.2 Å². The molecule has 0 radical (unpaired) electrons. The highest BCUT2D eigenvalue weighted by Crippen LogP contribution is 2.24. The molecule has 0 saturated heterocycles. The average molecular weight is 474 g/mol. The van der Waals surface area contributed by atoms with Crippen molar-refractivity contribution in [1.82, 2.24) is 15.1 Å². The summed E-state index contributed by atoms with van der Waals surface area (Å²) in [5, 5.41) is 17.3. The summed E-state index contributed by atoms with van der Waals surface area (Å²) in [6.45, 7) is 5.82. The predicted molar refractivity (Wildman–Crippen MR) is 127 cm³/mol. The maximum atomic E-state index is 13.0. The molecule has 0 spiro atoms. The molecule has 0 aliphatic heterocycles. The Labute approximate surface area is 196 Å². The highest BCUT2D eigenvalue weighted by atomic mass is 35.5. The summed E-state index contributed by atoms with van der Waals surface area (Å²) in [6.07, 6.45) is 2.12. The molecule has 3 aromatic rings. The molecule has 1 heterocycles. The van der Waals surface area contributed by atoms with Gasteiger partial charge in [-0.25, -0.2) is 4.68 Å². The largest absolute Gasteiger partial charge is 0.392 e. The minimum atomic E-state index is -0.484. The molecule has 6 nitrogen and oxygen atoms in total. The van der Waals surface area contributed by atoms with Crippen molar-refractivity contribution in [3.8, 4) is 11.1 Å². The summed E-state index contributed by atoms with van der Waals surface area (Å²) in [5.41, 5.74) is 2.13. The molecule has 0 aliphatic carbocycles. The monoisotopic (exact) mass is 473 g/mol. The van der Waals surface area contributed by atoms with Crippen LogP contribution in [0, 0.1) is 0 Å². The van der Waals surface area contributed by atoms with Crippen LogP contribution in [0.1, 0.15) is 42.3 Å². The van der Waals surface area contributed by atoms with Gasteiger partial charge in [0, 0.05) is 12.1 Å². The van der Waals surface area contributed by atoms with Crippen LogP contribution in [0.25, 0.3) is 11.1 Å². The van der Waals surface area contributed by atoms with E-state index in [1.165, 1.54) is 10.9 Å². The van der Waals surface area contributed by atoms with Gasteiger partial charge in [0.15, 0.2) is 0 Å². The van der Waals surface area contributed by atoms with Crippen LogP contribution in [0.4, 0.5) is 0 Å². The van der Waals surface area contributed by atoms with E-state index < -0.39 is 5.54 Å². The SMILES string of the molecule is CC(C)(C)n1ncc(CO)c(-c2ccc(CCNC(=O)c3c(Cl)cccc3Cl)cc2)c1=O. The number of carbonyl (C=O) groups is 1. The van der Waals surface area contributed by atoms with Crippen molar-refractivity contribution in [2.45, 2.75) is 39.3 Å². The number of benzene rings is 2. The molecule has 0 atom stereocenters. The van der Waals surface area contributed by atoms with Gasteiger partial charge in [0.25, 0.3) is 11.5 Å². The normalized spacial score (nSPS) is 11.4. The van der Waals surface area contributed by atoms with Crippen molar-refractivity contribution >= 4 is 29.1 Å². The maximum Gasteiger partial charge on any atom is 0.275 e. The molecule has 0 aliphatic rings. The molecule has 2 aromatic carbocycles. The first-order valence-corrected chi connectivity index (χ1v) is 10.9. The number of nitrogens with zero attached hydrogens (tertiary/aromatic N) is 2. The van der Waals surface area contributed by atoms with Gasteiger partial charge in [0.1, 0.15) is 0 Å². The minimum absolute atomic E-state index is 0.249. The van der Waals surface area contributed by atoms with Gasteiger partial charge < -0.3 is 10.4 Å². The molecule has 1 aromatic heterocycles. The Balaban J connectivity index is 1.75. The number of rotatable bonds is 6. The Morgan fingerprint density at radius 2 is 1.72 bits per heavy atom. The average Bonchev–Trinajstić information content (AvgIpc) is 2.73. The van der Waals surface area contributed by atoms with E-state index in [-0.39, 0.29) is 23.6 Å². The lowest BCUT2D eigenvalue weighted by molar-refractivity contribution is 0.0954. The lowest BCUT2D eigenvalue weighted by Gasteiger charge is -2.22. The summed E-state index contributed by atoms with van der Waals surface area (Å²) in [5.74, 6) is -0.329. The van der Waals surface area contributed by atoms with Crippen LogP contribution < -0.4 is 10.9 Å². The third-order valence-corrected chi connectivity index (χ3v) is 5.62. The summed E-state index contributed by atoms with van der Waals surface area (Å²) in [7, 11) is 0. The summed E-state index contributed by atoms with van der Waals surface area (Å²) >= 11 is 12.2. The number of carbonyl (C=O) groups excluding carboxylic acids is 1. The molecular weight excluding hydrogens is 449 g/mol. The molecule has 3 rings (SSSR count). The number of nitrogens with one attached hydrogen (secondary N) is 1. The fraction of sp³-hybridized carbons (Fsp3) is 0.292. The molecule has 0 saturated carbocycles. The molecule has 32 heavy (non-hydrogen) atoms. The molecule has 0 bridgehead atoms. The zero-order valence-corrected chi connectivity index (χ0v) is 19.7. The van der Waals surface area contributed by atoms with E-state index in [9.17, 15) is 14.7 Å². The third-order valence-electron chi connectivity index (χ3n) is 4.99. The Bertz CT molecular complexity index is 1160. The highest BCUT2D eigenvalue weighted by molar-refractivity contribution is 6.39. The second-order valence-electron chi connectivity index (χ2n) is 8.39. The van der Waals surface area contributed by atoms with Gasteiger partial charge in [0.05, 0.1) is 39.5 Å². The Kier molecular flexibility index (Phi) is 7.39. The predicted octanol–water partition coefficient (Wildman–Crippen LogP) is 4.44. The smallest absolute Gasteiger partial charge is 0.275 e. The van der Waals surface area contributed by atoms with Crippen LogP contribution >= 0.6 is 23.2 Å². The molecule has 1 amide bonds. The van der Waals surface area contributed by atoms with E-state index in [1.807, 2.05) is 45.0 Å². The molecule has 0 fully saturated rings. The van der Waals surface area contributed by atoms with E-state index in [4.69, 9.17) is 23.2 Å². The Morgan fingerprint density at radius 3 is 2.28 bits per heavy atom. The molecule has 8 heteroatoms. The van der Waals surface area contributed by atoms with Gasteiger partial charge in [-0.05, 0) is 50.5 Å². The molecule has 2 N–H and O–H groups in total. The summed E-state index contributed by atoms with van der Waals surface area (Å²) in [6, 6.07) is 12.4. The lowest BCUT2D eigenvalue weighted by Crippen LogP contribution is -2.37. The highest BCUT2D eigenvalue weighted by Gasteiger charge is 2.21. The zero-order chi connectivity index (χ0) is 23.5. The Morgan fingerprint density at radius 1 is 1.09 bits per heavy atom. The number of amides is 1. The van der Waals surface area contributed by atoms with Crippen molar-refractivity contribution in [1.29, 1.82) is 0 Å². The molecule has 168 valence electrons. The van der Waals surface area contributed by atoms with Gasteiger partial charge >= 0.3 is 0 Å². The molecule has 0 unspecified atom stereocenters. The van der Waals surface area contributed by atoms with Gasteiger partial charge in [-0.3, -0.25) is 9.59 Å². The third kappa shape index (κ3) is 5.21. The second kappa shape index (κ2) is 9.86. The standard InChI is InChI=1S/C24H25Cl2N3O3/c1-24(2,3)29-23(32)20(17(14-30)13-28-29)16-9-7-15(8-10-16)11-12-27-22(31)21-18(25)5-4-6-19(21)26/h4-10,13,30H,11-12,14H2,1-3H3,(H,27,31). The quantitative estimate of drug-likeness (QED) is 0.554. The van der Waals surface area contributed by atoms with Crippen LogP contribution in [0.2, 0.25) is 10.0 Å².